The van der Waals surface area contributed by atoms with Crippen LogP contribution in [0.25, 0.3) is 11.3 Å². The molecule has 1 heterocycles. The van der Waals surface area contributed by atoms with Crippen LogP contribution in [0.1, 0.15) is 37.4 Å². The molecular formula is C18H24N+. The molecule has 0 aliphatic heterocycles. The highest BCUT2D eigenvalue weighted by molar-refractivity contribution is 5.61. The molecule has 2 aromatic rings. The van der Waals surface area contributed by atoms with Crippen LogP contribution in [-0.2, 0) is 13.4 Å². The number of rotatable bonds is 3. The zero-order chi connectivity index (χ0) is 18.3. The van der Waals surface area contributed by atoms with Crippen molar-refractivity contribution in [2.75, 3.05) is 0 Å². The third-order valence-electron chi connectivity index (χ3n) is 3.14. The van der Waals surface area contributed by atoms with Gasteiger partial charge in [-0.3, -0.25) is 0 Å². The van der Waals surface area contributed by atoms with Crippen molar-refractivity contribution >= 4 is 0 Å². The molecule has 100 valence electrons. The number of aryl methyl sites for hydroxylation is 3. The second-order valence-electron chi connectivity index (χ2n) is 5.21. The second-order valence-corrected chi connectivity index (χ2v) is 5.21. The van der Waals surface area contributed by atoms with Crippen LogP contribution in [0.15, 0.2) is 36.5 Å². The summed E-state index contributed by atoms with van der Waals surface area (Å²) in [5.41, 5.74) is 3.15. The number of nitrogens with zero attached hydrogens (tertiary/aromatic N) is 1. The molecule has 0 aliphatic carbocycles. The van der Waals surface area contributed by atoms with Crippen molar-refractivity contribution in [3.63, 3.8) is 0 Å². The van der Waals surface area contributed by atoms with Gasteiger partial charge in [-0.25, -0.2) is 4.57 Å². The molecule has 1 aromatic heterocycles. The van der Waals surface area contributed by atoms with Crippen molar-refractivity contribution in [1.29, 1.82) is 0 Å². The molecule has 0 radical (unpaired) electrons. The molecule has 0 bridgehead atoms. The normalized spacial score (nSPS) is 16.4. The first-order chi connectivity index (χ1) is 11.0. The van der Waals surface area contributed by atoms with Crippen molar-refractivity contribution in [3.05, 3.63) is 53.2 Å². The van der Waals surface area contributed by atoms with Gasteiger partial charge in [-0.05, 0) is 43.3 Å². The van der Waals surface area contributed by atoms with Crippen LogP contribution in [0.2, 0.25) is 0 Å². The lowest BCUT2D eigenvalue weighted by Gasteiger charge is -2.11. The first-order valence-corrected chi connectivity index (χ1v) is 6.57. The molecule has 0 N–H and O–H groups in total. The summed E-state index contributed by atoms with van der Waals surface area (Å²) in [6, 6.07) is 9.53. The SMILES string of the molecule is [2H]C([2H])([2H])c1c[n+](C)c(-c2ccccc2C)cc1C([2H])([2H])C(C)C. The number of pyridine rings is 1. The van der Waals surface area contributed by atoms with Crippen LogP contribution >= 0.6 is 0 Å². The van der Waals surface area contributed by atoms with Gasteiger partial charge in [0.15, 0.2) is 6.20 Å². The van der Waals surface area contributed by atoms with E-state index in [4.69, 9.17) is 6.85 Å². The Morgan fingerprint density at radius 1 is 1.26 bits per heavy atom. The van der Waals surface area contributed by atoms with E-state index in [0.29, 0.717) is 0 Å². The first kappa shape index (κ1) is 8.52. The largest absolute Gasteiger partial charge is 0.212 e. The fourth-order valence-electron chi connectivity index (χ4n) is 2.21. The summed E-state index contributed by atoms with van der Waals surface area (Å²) in [5, 5.41) is 0. The zero-order valence-electron chi connectivity index (χ0n) is 17.0. The predicted molar refractivity (Wildman–Crippen MR) is 81.1 cm³/mol. The Balaban J connectivity index is 2.81. The van der Waals surface area contributed by atoms with E-state index >= 15 is 0 Å². The Morgan fingerprint density at radius 2 is 2.00 bits per heavy atom. The van der Waals surface area contributed by atoms with Gasteiger partial charge in [0.2, 0.25) is 5.69 Å². The highest BCUT2D eigenvalue weighted by atomic mass is 14.9. The summed E-state index contributed by atoms with van der Waals surface area (Å²) in [5.74, 6) is -0.337. The molecule has 0 unspecified atom stereocenters. The summed E-state index contributed by atoms with van der Waals surface area (Å²) in [4.78, 5) is 0. The average Bonchev–Trinajstić information content (AvgIpc) is 2.46. The molecule has 2 rings (SSSR count). The van der Waals surface area contributed by atoms with Gasteiger partial charge in [-0.2, -0.15) is 0 Å². The highest BCUT2D eigenvalue weighted by Gasteiger charge is 2.15. The summed E-state index contributed by atoms with van der Waals surface area (Å²) in [6.45, 7) is 3.16. The topological polar surface area (TPSA) is 3.88 Å². The van der Waals surface area contributed by atoms with Crippen molar-refractivity contribution in [2.45, 2.75) is 34.0 Å². The smallest absolute Gasteiger partial charge is 0.201 e. The van der Waals surface area contributed by atoms with E-state index in [9.17, 15) is 0 Å². The number of aromatic nitrogens is 1. The van der Waals surface area contributed by atoms with Gasteiger partial charge in [0.25, 0.3) is 0 Å². The Labute approximate surface area is 123 Å². The third-order valence-corrected chi connectivity index (χ3v) is 3.14. The van der Waals surface area contributed by atoms with Crippen LogP contribution in [-0.4, -0.2) is 0 Å². The highest BCUT2D eigenvalue weighted by Crippen LogP contribution is 2.23. The number of hydrogen-bond acceptors (Lipinski definition) is 0. The van der Waals surface area contributed by atoms with E-state index in [1.807, 2.05) is 31.2 Å². The molecule has 1 aromatic carbocycles. The molecule has 0 saturated heterocycles. The molecular weight excluding hydrogens is 230 g/mol. The Kier molecular flexibility index (Phi) is 2.49. The van der Waals surface area contributed by atoms with Gasteiger partial charge in [0.05, 0.1) is 0 Å². The molecule has 1 nitrogen and oxygen atoms in total. The lowest BCUT2D eigenvalue weighted by molar-refractivity contribution is -0.660. The fraction of sp³-hybridized carbons (Fsp3) is 0.389. The molecule has 0 fully saturated rings. The average molecular weight is 259 g/mol. The minimum Gasteiger partial charge on any atom is -0.201 e. The molecule has 0 spiro atoms. The monoisotopic (exact) mass is 259 g/mol. The summed E-state index contributed by atoms with van der Waals surface area (Å²) < 4.78 is 42.0. The lowest BCUT2D eigenvalue weighted by atomic mass is 9.96. The minimum absolute atomic E-state index is 0.0704. The van der Waals surface area contributed by atoms with Crippen LogP contribution in [0.5, 0.6) is 0 Å². The Bertz CT molecular complexity index is 748. The molecule has 0 saturated carbocycles. The van der Waals surface area contributed by atoms with E-state index in [1.54, 1.807) is 37.7 Å². The van der Waals surface area contributed by atoms with E-state index in [-0.39, 0.29) is 17.0 Å². The summed E-state index contributed by atoms with van der Waals surface area (Å²) in [6.07, 6.45) is -0.181. The Morgan fingerprint density at radius 3 is 2.63 bits per heavy atom. The zero-order valence-corrected chi connectivity index (χ0v) is 12.0. The first-order valence-electron chi connectivity index (χ1n) is 9.07. The maximum atomic E-state index is 8.43. The summed E-state index contributed by atoms with van der Waals surface area (Å²) >= 11 is 0. The van der Waals surface area contributed by atoms with E-state index < -0.39 is 13.2 Å². The van der Waals surface area contributed by atoms with Gasteiger partial charge < -0.3 is 0 Å². The van der Waals surface area contributed by atoms with Crippen LogP contribution < -0.4 is 4.57 Å². The van der Waals surface area contributed by atoms with Gasteiger partial charge in [-0.15, -0.1) is 0 Å². The number of hydrogen-bond donors (Lipinski definition) is 0. The van der Waals surface area contributed by atoms with Crippen molar-refractivity contribution in [1.82, 2.24) is 0 Å². The van der Waals surface area contributed by atoms with Gasteiger partial charge in [0, 0.05) is 24.0 Å². The lowest BCUT2D eigenvalue weighted by Crippen LogP contribution is -2.32. The van der Waals surface area contributed by atoms with E-state index in [0.717, 1.165) is 16.8 Å². The fourth-order valence-corrected chi connectivity index (χ4v) is 2.21. The second kappa shape index (κ2) is 5.56. The van der Waals surface area contributed by atoms with Crippen LogP contribution in [0, 0.1) is 19.7 Å². The van der Waals surface area contributed by atoms with Crippen molar-refractivity contribution < 1.29 is 11.4 Å². The molecule has 0 aliphatic rings. The minimum atomic E-state index is -2.36. The van der Waals surface area contributed by atoms with Gasteiger partial charge in [-0.1, -0.05) is 32.0 Å². The standard InChI is InChI=1S/C18H24N/c1-13(2)10-16-11-18(19(5)12-15(16)4)17-9-7-6-8-14(17)3/h6-9,11-13H,10H2,1-5H3/q+1/i4D3,10D2. The molecule has 1 heteroatoms. The van der Waals surface area contributed by atoms with Gasteiger partial charge >= 0.3 is 0 Å². The molecule has 19 heavy (non-hydrogen) atoms. The maximum Gasteiger partial charge on any atom is 0.212 e. The van der Waals surface area contributed by atoms with E-state index in [1.165, 1.54) is 0 Å². The number of benzene rings is 1. The predicted octanol–water partition coefficient (Wildman–Crippen LogP) is 3.99. The van der Waals surface area contributed by atoms with Crippen LogP contribution in [0.3, 0.4) is 0 Å². The van der Waals surface area contributed by atoms with Crippen molar-refractivity contribution in [2.24, 2.45) is 13.0 Å². The molecule has 0 atom stereocenters. The summed E-state index contributed by atoms with van der Waals surface area (Å²) in [7, 11) is 1.80. The van der Waals surface area contributed by atoms with Gasteiger partial charge in [0.1, 0.15) is 7.05 Å². The van der Waals surface area contributed by atoms with E-state index in [2.05, 4.69) is 0 Å². The van der Waals surface area contributed by atoms with Crippen LogP contribution in [0.4, 0.5) is 0 Å². The quantitative estimate of drug-likeness (QED) is 0.734. The third kappa shape index (κ3) is 3.04. The molecule has 0 amide bonds. The van der Waals surface area contributed by atoms with Crippen molar-refractivity contribution in [3.8, 4) is 11.3 Å². The Hall–Kier alpha value is -1.63. The maximum absolute atomic E-state index is 8.43.